The molecule has 2 N–H and O–H groups in total. The van der Waals surface area contributed by atoms with Crippen molar-refractivity contribution in [3.8, 4) is 0 Å². The Morgan fingerprint density at radius 1 is 1.50 bits per heavy atom. The predicted octanol–water partition coefficient (Wildman–Crippen LogP) is 2.37. The normalized spacial score (nSPS) is 23.1. The van der Waals surface area contributed by atoms with Gasteiger partial charge in [-0.3, -0.25) is 4.79 Å². The van der Waals surface area contributed by atoms with Gasteiger partial charge in [0.15, 0.2) is 0 Å². The van der Waals surface area contributed by atoms with E-state index < -0.39 is 11.7 Å². The SMILES string of the molecule is O=C(NCC1CCCC1O)c1cccc(F)c1Cl. The topological polar surface area (TPSA) is 49.3 Å². The van der Waals surface area contributed by atoms with E-state index in [1.54, 1.807) is 0 Å². The third-order valence-corrected chi connectivity index (χ3v) is 3.72. The molecule has 0 spiro atoms. The van der Waals surface area contributed by atoms with E-state index in [2.05, 4.69) is 5.32 Å². The van der Waals surface area contributed by atoms with Crippen molar-refractivity contribution >= 4 is 17.5 Å². The van der Waals surface area contributed by atoms with Crippen molar-refractivity contribution in [2.24, 2.45) is 5.92 Å². The highest BCUT2D eigenvalue weighted by Gasteiger charge is 2.25. The molecular formula is C13H15ClFNO2. The largest absolute Gasteiger partial charge is 0.393 e. The van der Waals surface area contributed by atoms with Crippen molar-refractivity contribution in [1.82, 2.24) is 5.32 Å². The quantitative estimate of drug-likeness (QED) is 0.887. The molecule has 0 radical (unpaired) electrons. The van der Waals surface area contributed by atoms with Crippen LogP contribution in [0.5, 0.6) is 0 Å². The molecule has 1 fully saturated rings. The first kappa shape index (κ1) is 13.3. The van der Waals surface area contributed by atoms with Crippen molar-refractivity contribution in [2.45, 2.75) is 25.4 Å². The number of amides is 1. The molecule has 1 aromatic rings. The molecule has 1 amide bonds. The van der Waals surface area contributed by atoms with Crippen LogP contribution in [0, 0.1) is 11.7 Å². The first-order valence-electron chi connectivity index (χ1n) is 6.00. The molecule has 1 aliphatic rings. The van der Waals surface area contributed by atoms with E-state index in [-0.39, 0.29) is 22.6 Å². The fourth-order valence-corrected chi connectivity index (χ4v) is 2.47. The number of benzene rings is 1. The van der Waals surface area contributed by atoms with Crippen LogP contribution in [0.1, 0.15) is 29.6 Å². The molecule has 2 atom stereocenters. The van der Waals surface area contributed by atoms with Gasteiger partial charge in [-0.2, -0.15) is 0 Å². The molecule has 98 valence electrons. The molecule has 1 saturated carbocycles. The summed E-state index contributed by atoms with van der Waals surface area (Å²) in [6, 6.07) is 4.13. The number of carbonyl (C=O) groups is 1. The monoisotopic (exact) mass is 271 g/mol. The van der Waals surface area contributed by atoms with Gasteiger partial charge in [-0.05, 0) is 25.0 Å². The highest BCUT2D eigenvalue weighted by atomic mass is 35.5. The lowest BCUT2D eigenvalue weighted by Crippen LogP contribution is -2.32. The minimum Gasteiger partial charge on any atom is -0.393 e. The van der Waals surface area contributed by atoms with Crippen LogP contribution in [-0.2, 0) is 0 Å². The van der Waals surface area contributed by atoms with E-state index in [9.17, 15) is 14.3 Å². The van der Waals surface area contributed by atoms with Gasteiger partial charge in [0, 0.05) is 12.5 Å². The van der Waals surface area contributed by atoms with E-state index >= 15 is 0 Å². The minimum absolute atomic E-state index is 0.0845. The van der Waals surface area contributed by atoms with Crippen LogP contribution in [0.25, 0.3) is 0 Å². The smallest absolute Gasteiger partial charge is 0.252 e. The van der Waals surface area contributed by atoms with Crippen molar-refractivity contribution < 1.29 is 14.3 Å². The molecular weight excluding hydrogens is 257 g/mol. The molecule has 0 aromatic heterocycles. The van der Waals surface area contributed by atoms with E-state index in [0.717, 1.165) is 19.3 Å². The summed E-state index contributed by atoms with van der Waals surface area (Å²) >= 11 is 5.73. The molecule has 5 heteroatoms. The molecule has 1 aromatic carbocycles. The maximum atomic E-state index is 13.2. The summed E-state index contributed by atoms with van der Waals surface area (Å²) in [6.07, 6.45) is 2.30. The van der Waals surface area contributed by atoms with Crippen molar-refractivity contribution in [1.29, 1.82) is 0 Å². The van der Waals surface area contributed by atoms with Gasteiger partial charge in [-0.25, -0.2) is 4.39 Å². The standard InChI is InChI=1S/C13H15ClFNO2/c14-12-9(4-2-5-10(12)15)13(18)16-7-8-3-1-6-11(8)17/h2,4-5,8,11,17H,1,3,6-7H2,(H,16,18). The fraction of sp³-hybridized carbons (Fsp3) is 0.462. The maximum Gasteiger partial charge on any atom is 0.252 e. The lowest BCUT2D eigenvalue weighted by atomic mass is 10.1. The van der Waals surface area contributed by atoms with Crippen LogP contribution in [-0.4, -0.2) is 23.7 Å². The fourth-order valence-electron chi connectivity index (χ4n) is 2.25. The molecule has 3 nitrogen and oxygen atoms in total. The Hall–Kier alpha value is -1.13. The zero-order valence-electron chi connectivity index (χ0n) is 9.83. The van der Waals surface area contributed by atoms with Crippen molar-refractivity contribution in [3.63, 3.8) is 0 Å². The van der Waals surface area contributed by atoms with Crippen LogP contribution in [0.3, 0.4) is 0 Å². The number of aliphatic hydroxyl groups is 1. The van der Waals surface area contributed by atoms with Crippen LogP contribution in [0.4, 0.5) is 4.39 Å². The van der Waals surface area contributed by atoms with Gasteiger partial charge in [0.05, 0.1) is 16.7 Å². The number of nitrogens with one attached hydrogen (secondary N) is 1. The van der Waals surface area contributed by atoms with Crippen LogP contribution in [0.2, 0.25) is 5.02 Å². The van der Waals surface area contributed by atoms with E-state index in [1.807, 2.05) is 0 Å². The number of carbonyl (C=O) groups excluding carboxylic acids is 1. The molecule has 0 heterocycles. The summed E-state index contributed by atoms with van der Waals surface area (Å²) in [6.45, 7) is 0.396. The third kappa shape index (κ3) is 2.82. The average molecular weight is 272 g/mol. The van der Waals surface area contributed by atoms with Gasteiger partial charge in [0.25, 0.3) is 5.91 Å². The van der Waals surface area contributed by atoms with Gasteiger partial charge in [0.1, 0.15) is 5.82 Å². The van der Waals surface area contributed by atoms with Crippen LogP contribution >= 0.6 is 11.6 Å². The Bertz CT molecular complexity index is 453. The van der Waals surface area contributed by atoms with E-state index in [4.69, 9.17) is 11.6 Å². The Kier molecular flexibility index (Phi) is 4.19. The van der Waals surface area contributed by atoms with Gasteiger partial charge in [0.2, 0.25) is 0 Å². The number of aliphatic hydroxyl groups excluding tert-OH is 1. The second-order valence-electron chi connectivity index (χ2n) is 4.57. The average Bonchev–Trinajstić information content (AvgIpc) is 2.75. The van der Waals surface area contributed by atoms with Gasteiger partial charge >= 0.3 is 0 Å². The highest BCUT2D eigenvalue weighted by molar-refractivity contribution is 6.34. The third-order valence-electron chi connectivity index (χ3n) is 3.34. The van der Waals surface area contributed by atoms with Crippen molar-refractivity contribution in [2.75, 3.05) is 6.54 Å². The lowest BCUT2D eigenvalue weighted by Gasteiger charge is -2.15. The first-order chi connectivity index (χ1) is 8.59. The van der Waals surface area contributed by atoms with Gasteiger partial charge in [-0.15, -0.1) is 0 Å². The molecule has 0 bridgehead atoms. The molecule has 1 aliphatic carbocycles. The Morgan fingerprint density at radius 3 is 2.94 bits per heavy atom. The second kappa shape index (κ2) is 5.67. The Labute approximate surface area is 110 Å². The second-order valence-corrected chi connectivity index (χ2v) is 4.95. The summed E-state index contributed by atoms with van der Waals surface area (Å²) in [4.78, 5) is 11.8. The Morgan fingerprint density at radius 2 is 2.28 bits per heavy atom. The van der Waals surface area contributed by atoms with Crippen LogP contribution < -0.4 is 5.32 Å². The molecule has 18 heavy (non-hydrogen) atoms. The summed E-state index contributed by atoms with van der Waals surface area (Å²) in [7, 11) is 0. The zero-order valence-corrected chi connectivity index (χ0v) is 10.6. The maximum absolute atomic E-state index is 13.2. The number of hydrogen-bond donors (Lipinski definition) is 2. The summed E-state index contributed by atoms with van der Waals surface area (Å²) in [5, 5.41) is 12.2. The molecule has 2 unspecified atom stereocenters. The van der Waals surface area contributed by atoms with E-state index in [1.165, 1.54) is 18.2 Å². The zero-order chi connectivity index (χ0) is 13.1. The molecule has 2 rings (SSSR count). The summed E-state index contributed by atoms with van der Waals surface area (Å²) in [5.41, 5.74) is 0.129. The predicted molar refractivity (Wildman–Crippen MR) is 67.1 cm³/mol. The van der Waals surface area contributed by atoms with Crippen molar-refractivity contribution in [3.05, 3.63) is 34.6 Å². The lowest BCUT2D eigenvalue weighted by molar-refractivity contribution is 0.0916. The summed E-state index contributed by atoms with van der Waals surface area (Å²) < 4.78 is 13.2. The number of rotatable bonds is 3. The Balaban J connectivity index is 1.97. The number of hydrogen-bond acceptors (Lipinski definition) is 2. The summed E-state index contributed by atoms with van der Waals surface area (Å²) in [5.74, 6) is -0.926. The first-order valence-corrected chi connectivity index (χ1v) is 6.37. The van der Waals surface area contributed by atoms with Gasteiger partial charge in [-0.1, -0.05) is 24.1 Å². The highest BCUT2D eigenvalue weighted by Crippen LogP contribution is 2.25. The number of halogens is 2. The minimum atomic E-state index is -0.606. The van der Waals surface area contributed by atoms with Crippen LogP contribution in [0.15, 0.2) is 18.2 Å². The molecule has 0 saturated heterocycles. The van der Waals surface area contributed by atoms with Gasteiger partial charge < -0.3 is 10.4 Å². The van der Waals surface area contributed by atoms with E-state index in [0.29, 0.717) is 6.54 Å². The molecule has 0 aliphatic heterocycles.